The Bertz CT molecular complexity index is 289. The van der Waals surface area contributed by atoms with Crippen molar-refractivity contribution in [2.45, 2.75) is 26.7 Å². The Morgan fingerprint density at radius 3 is 2.33 bits per heavy atom. The molecule has 0 atom stereocenters. The Morgan fingerprint density at radius 1 is 1.27 bits per heavy atom. The highest BCUT2D eigenvalue weighted by Gasteiger charge is 2.04. The highest BCUT2D eigenvalue weighted by Crippen LogP contribution is 2.11. The van der Waals surface area contributed by atoms with Gasteiger partial charge in [0.1, 0.15) is 5.82 Å². The van der Waals surface area contributed by atoms with E-state index in [1.54, 1.807) is 6.20 Å². The van der Waals surface area contributed by atoms with Crippen LogP contribution in [0.3, 0.4) is 0 Å². The predicted molar refractivity (Wildman–Crippen MR) is 62.4 cm³/mol. The largest absolute Gasteiger partial charge is 0.357 e. The van der Waals surface area contributed by atoms with E-state index in [0.29, 0.717) is 5.56 Å². The molecule has 0 saturated heterocycles. The summed E-state index contributed by atoms with van der Waals surface area (Å²) in [7, 11) is 0. The molecule has 0 bridgehead atoms. The van der Waals surface area contributed by atoms with Crippen LogP contribution in [0.25, 0.3) is 0 Å². The monoisotopic (exact) mass is 206 g/mol. The Hall–Kier alpha value is -1.38. The van der Waals surface area contributed by atoms with Gasteiger partial charge in [-0.05, 0) is 25.0 Å². The first-order valence-electron chi connectivity index (χ1n) is 5.48. The molecule has 1 aromatic heterocycles. The molecular formula is C12H18N2O. The number of rotatable bonds is 6. The zero-order chi connectivity index (χ0) is 11.1. The normalized spacial score (nSPS) is 10.0. The Kier molecular flexibility index (Phi) is 4.81. The average molecular weight is 206 g/mol. The van der Waals surface area contributed by atoms with E-state index in [2.05, 4.69) is 23.7 Å². The van der Waals surface area contributed by atoms with Gasteiger partial charge >= 0.3 is 0 Å². The molecule has 0 aliphatic carbocycles. The quantitative estimate of drug-likeness (QED) is 0.670. The van der Waals surface area contributed by atoms with E-state index in [1.165, 1.54) is 0 Å². The molecule has 15 heavy (non-hydrogen) atoms. The topological polar surface area (TPSA) is 33.2 Å². The van der Waals surface area contributed by atoms with Crippen molar-refractivity contribution in [3.8, 4) is 0 Å². The Balaban J connectivity index is 2.76. The van der Waals surface area contributed by atoms with Gasteiger partial charge in [-0.1, -0.05) is 13.8 Å². The fraction of sp³-hybridized carbons (Fsp3) is 0.500. The van der Waals surface area contributed by atoms with Crippen molar-refractivity contribution in [1.29, 1.82) is 0 Å². The molecule has 0 aliphatic heterocycles. The molecule has 0 amide bonds. The van der Waals surface area contributed by atoms with Gasteiger partial charge < -0.3 is 4.90 Å². The summed E-state index contributed by atoms with van der Waals surface area (Å²) in [6.45, 7) is 6.34. The van der Waals surface area contributed by atoms with Crippen molar-refractivity contribution in [2.75, 3.05) is 18.0 Å². The van der Waals surface area contributed by atoms with Crippen LogP contribution in [0.1, 0.15) is 37.0 Å². The molecule has 3 heteroatoms. The fourth-order valence-corrected chi connectivity index (χ4v) is 1.54. The molecule has 82 valence electrons. The summed E-state index contributed by atoms with van der Waals surface area (Å²) in [6.07, 6.45) is 4.66. The highest BCUT2D eigenvalue weighted by molar-refractivity contribution is 5.74. The van der Waals surface area contributed by atoms with Crippen LogP contribution < -0.4 is 4.90 Å². The Morgan fingerprint density at radius 2 is 1.93 bits per heavy atom. The van der Waals surface area contributed by atoms with Gasteiger partial charge in [-0.2, -0.15) is 0 Å². The second kappa shape index (κ2) is 6.17. The number of aldehydes is 1. The van der Waals surface area contributed by atoms with Crippen LogP contribution in [0, 0.1) is 0 Å². The van der Waals surface area contributed by atoms with Crippen LogP contribution in [0.5, 0.6) is 0 Å². The second-order valence-electron chi connectivity index (χ2n) is 3.55. The molecule has 3 nitrogen and oxygen atoms in total. The molecule has 1 aromatic rings. The highest BCUT2D eigenvalue weighted by atomic mass is 16.1. The Labute approximate surface area is 91.1 Å². The lowest BCUT2D eigenvalue weighted by Gasteiger charge is -2.22. The first kappa shape index (κ1) is 11.7. The number of carbonyl (C=O) groups is 1. The third-order valence-electron chi connectivity index (χ3n) is 2.22. The molecule has 1 heterocycles. The van der Waals surface area contributed by atoms with E-state index in [-0.39, 0.29) is 0 Å². The van der Waals surface area contributed by atoms with Crippen molar-refractivity contribution >= 4 is 12.1 Å². The van der Waals surface area contributed by atoms with Gasteiger partial charge in [0.2, 0.25) is 0 Å². The van der Waals surface area contributed by atoms with Crippen molar-refractivity contribution in [3.63, 3.8) is 0 Å². The summed E-state index contributed by atoms with van der Waals surface area (Å²) in [5.74, 6) is 0.962. The van der Waals surface area contributed by atoms with Gasteiger partial charge in [0, 0.05) is 24.8 Å². The van der Waals surface area contributed by atoms with Crippen LogP contribution in [-0.2, 0) is 0 Å². The minimum Gasteiger partial charge on any atom is -0.357 e. The van der Waals surface area contributed by atoms with Crippen molar-refractivity contribution in [1.82, 2.24) is 4.98 Å². The number of nitrogens with zero attached hydrogens (tertiary/aromatic N) is 2. The minimum absolute atomic E-state index is 0.631. The minimum atomic E-state index is 0.631. The first-order valence-corrected chi connectivity index (χ1v) is 5.48. The van der Waals surface area contributed by atoms with Crippen LogP contribution >= 0.6 is 0 Å². The number of pyridine rings is 1. The van der Waals surface area contributed by atoms with Gasteiger partial charge in [-0.15, -0.1) is 0 Å². The summed E-state index contributed by atoms with van der Waals surface area (Å²) >= 11 is 0. The SMILES string of the molecule is CCCN(CCC)c1ccc(C=O)cn1. The van der Waals surface area contributed by atoms with E-state index >= 15 is 0 Å². The molecular weight excluding hydrogens is 188 g/mol. The molecule has 0 unspecified atom stereocenters. The standard InChI is InChI=1S/C12H18N2O/c1-3-7-14(8-4-2)12-6-5-11(10-15)9-13-12/h5-6,9-10H,3-4,7-8H2,1-2H3. The van der Waals surface area contributed by atoms with E-state index in [1.807, 2.05) is 12.1 Å². The van der Waals surface area contributed by atoms with Gasteiger partial charge in [0.15, 0.2) is 6.29 Å². The summed E-state index contributed by atoms with van der Waals surface area (Å²) in [5, 5.41) is 0. The molecule has 1 rings (SSSR count). The number of aromatic nitrogens is 1. The first-order chi connectivity index (χ1) is 7.31. The van der Waals surface area contributed by atoms with Crippen LogP contribution in [0.4, 0.5) is 5.82 Å². The summed E-state index contributed by atoms with van der Waals surface area (Å²) in [6, 6.07) is 3.72. The smallest absolute Gasteiger partial charge is 0.151 e. The van der Waals surface area contributed by atoms with Gasteiger partial charge in [0.05, 0.1) is 0 Å². The summed E-state index contributed by atoms with van der Waals surface area (Å²) in [4.78, 5) is 17.0. The number of carbonyl (C=O) groups excluding carboxylic acids is 1. The van der Waals surface area contributed by atoms with Crippen molar-refractivity contribution in [2.24, 2.45) is 0 Å². The maximum Gasteiger partial charge on any atom is 0.151 e. The molecule has 0 spiro atoms. The molecule has 0 saturated carbocycles. The lowest BCUT2D eigenvalue weighted by molar-refractivity contribution is 0.112. The average Bonchev–Trinajstić information content (AvgIpc) is 2.29. The fourth-order valence-electron chi connectivity index (χ4n) is 1.54. The van der Waals surface area contributed by atoms with Gasteiger partial charge in [-0.3, -0.25) is 4.79 Å². The maximum atomic E-state index is 10.5. The molecule has 0 fully saturated rings. The van der Waals surface area contributed by atoms with Crippen molar-refractivity contribution < 1.29 is 4.79 Å². The van der Waals surface area contributed by atoms with E-state index < -0.39 is 0 Å². The summed E-state index contributed by atoms with van der Waals surface area (Å²) in [5.41, 5.74) is 0.631. The van der Waals surface area contributed by atoms with E-state index in [0.717, 1.165) is 38.0 Å². The number of hydrogen-bond donors (Lipinski definition) is 0. The van der Waals surface area contributed by atoms with Crippen molar-refractivity contribution in [3.05, 3.63) is 23.9 Å². The van der Waals surface area contributed by atoms with Crippen LogP contribution in [0.2, 0.25) is 0 Å². The molecule has 0 aliphatic rings. The van der Waals surface area contributed by atoms with Gasteiger partial charge in [-0.25, -0.2) is 4.98 Å². The third kappa shape index (κ3) is 3.35. The lowest BCUT2D eigenvalue weighted by atomic mass is 10.3. The summed E-state index contributed by atoms with van der Waals surface area (Å²) < 4.78 is 0. The predicted octanol–water partition coefficient (Wildman–Crippen LogP) is 2.52. The third-order valence-corrected chi connectivity index (χ3v) is 2.22. The number of anilines is 1. The molecule has 0 aromatic carbocycles. The maximum absolute atomic E-state index is 10.5. The van der Waals surface area contributed by atoms with E-state index in [9.17, 15) is 4.79 Å². The zero-order valence-corrected chi connectivity index (χ0v) is 9.44. The van der Waals surface area contributed by atoms with Gasteiger partial charge in [0.25, 0.3) is 0 Å². The number of hydrogen-bond acceptors (Lipinski definition) is 3. The van der Waals surface area contributed by atoms with Crippen LogP contribution in [-0.4, -0.2) is 24.4 Å². The van der Waals surface area contributed by atoms with E-state index in [4.69, 9.17) is 0 Å². The molecule has 0 N–H and O–H groups in total. The lowest BCUT2D eigenvalue weighted by Crippen LogP contribution is -2.25. The van der Waals surface area contributed by atoms with Crippen LogP contribution in [0.15, 0.2) is 18.3 Å². The second-order valence-corrected chi connectivity index (χ2v) is 3.55. The molecule has 0 radical (unpaired) electrons. The zero-order valence-electron chi connectivity index (χ0n) is 9.44.